The molecule has 2 heterocycles. The smallest absolute Gasteiger partial charge is 0.157 e. The van der Waals surface area contributed by atoms with Crippen LogP contribution in [-0.4, -0.2) is 24.0 Å². The summed E-state index contributed by atoms with van der Waals surface area (Å²) in [7, 11) is 0. The van der Waals surface area contributed by atoms with E-state index in [-0.39, 0.29) is 6.29 Å². The van der Waals surface area contributed by atoms with Crippen molar-refractivity contribution in [3.8, 4) is 0 Å². The highest BCUT2D eigenvalue weighted by molar-refractivity contribution is 5.08. The highest BCUT2D eigenvalue weighted by atomic mass is 16.7. The van der Waals surface area contributed by atoms with E-state index in [0.717, 1.165) is 25.9 Å². The molecule has 0 amide bonds. The topological polar surface area (TPSA) is 31.4 Å². The number of hydrogen-bond acceptors (Lipinski definition) is 3. The fourth-order valence-corrected chi connectivity index (χ4v) is 3.21. The molecule has 1 saturated heterocycles. The van der Waals surface area contributed by atoms with Gasteiger partial charge in [0.25, 0.3) is 0 Å². The molecule has 2 unspecified atom stereocenters. The molecule has 3 heteroatoms. The minimum Gasteiger partial charge on any atom is -0.353 e. The summed E-state index contributed by atoms with van der Waals surface area (Å²) < 4.78 is 12.0. The Morgan fingerprint density at radius 3 is 2.91 bits per heavy atom. The van der Waals surface area contributed by atoms with E-state index in [1.54, 1.807) is 0 Å². The largest absolute Gasteiger partial charge is 0.353 e. The molecule has 0 spiro atoms. The van der Waals surface area contributed by atoms with Gasteiger partial charge in [-0.25, -0.2) is 0 Å². The quantitative estimate of drug-likeness (QED) is 0.520. The molecule has 1 aliphatic rings. The Kier molecular flexibility index (Phi) is 9.27. The molecule has 0 aromatic carbocycles. The lowest BCUT2D eigenvalue weighted by atomic mass is 10.0. The average molecular weight is 319 g/mol. The molecule has 0 saturated carbocycles. The van der Waals surface area contributed by atoms with Crippen LogP contribution >= 0.6 is 0 Å². The van der Waals surface area contributed by atoms with Gasteiger partial charge in [0.15, 0.2) is 6.29 Å². The number of unbranched alkanes of at least 4 members (excludes halogenated alkanes) is 4. The van der Waals surface area contributed by atoms with Crippen molar-refractivity contribution < 1.29 is 9.47 Å². The van der Waals surface area contributed by atoms with E-state index in [0.29, 0.717) is 6.10 Å². The third-order valence-corrected chi connectivity index (χ3v) is 4.58. The molecular weight excluding hydrogens is 286 g/mol. The Hall–Kier alpha value is -0.930. The predicted octanol–water partition coefficient (Wildman–Crippen LogP) is 5.29. The van der Waals surface area contributed by atoms with Crippen molar-refractivity contribution in [1.29, 1.82) is 0 Å². The molecular formula is C20H33NO2. The number of aromatic nitrogens is 1. The number of rotatable bonds is 11. The molecule has 1 aromatic heterocycles. The molecule has 130 valence electrons. The van der Waals surface area contributed by atoms with Gasteiger partial charge in [0, 0.05) is 12.4 Å². The van der Waals surface area contributed by atoms with Gasteiger partial charge >= 0.3 is 0 Å². The van der Waals surface area contributed by atoms with E-state index in [1.165, 1.54) is 56.9 Å². The first-order chi connectivity index (χ1) is 11.4. The summed E-state index contributed by atoms with van der Waals surface area (Å²) in [5, 5.41) is 0. The van der Waals surface area contributed by atoms with E-state index in [2.05, 4.69) is 18.0 Å². The monoisotopic (exact) mass is 319 g/mol. The Morgan fingerprint density at radius 2 is 2.09 bits per heavy atom. The van der Waals surface area contributed by atoms with E-state index in [4.69, 9.17) is 9.47 Å². The number of aryl methyl sites for hydroxylation is 1. The summed E-state index contributed by atoms with van der Waals surface area (Å²) >= 11 is 0. The van der Waals surface area contributed by atoms with Gasteiger partial charge in [-0.2, -0.15) is 0 Å². The van der Waals surface area contributed by atoms with Crippen LogP contribution in [0.25, 0.3) is 0 Å². The zero-order valence-corrected chi connectivity index (χ0v) is 14.7. The lowest BCUT2D eigenvalue weighted by molar-refractivity contribution is -0.195. The van der Waals surface area contributed by atoms with Gasteiger partial charge in [0.2, 0.25) is 0 Å². The van der Waals surface area contributed by atoms with Gasteiger partial charge in [-0.1, -0.05) is 45.1 Å². The van der Waals surface area contributed by atoms with Crippen molar-refractivity contribution in [1.82, 2.24) is 4.98 Å². The van der Waals surface area contributed by atoms with Gasteiger partial charge in [-0.3, -0.25) is 4.98 Å². The Morgan fingerprint density at radius 1 is 1.17 bits per heavy atom. The summed E-state index contributed by atoms with van der Waals surface area (Å²) in [6.45, 7) is 3.04. The Bertz CT molecular complexity index is 396. The Balaban J connectivity index is 1.53. The van der Waals surface area contributed by atoms with Crippen molar-refractivity contribution in [2.24, 2.45) is 0 Å². The van der Waals surface area contributed by atoms with Crippen LogP contribution in [0.2, 0.25) is 0 Å². The number of pyridine rings is 1. The fraction of sp³-hybridized carbons (Fsp3) is 0.750. The molecule has 0 aliphatic carbocycles. The van der Waals surface area contributed by atoms with E-state index >= 15 is 0 Å². The standard InChI is InChI=1S/C20H33NO2/c1-2-3-4-5-6-12-19-13-7-14-20(23-19)22-16-9-11-18-10-8-15-21-17-18/h8,10,15,17,19-20H,2-7,9,11-14,16H2,1H3. The van der Waals surface area contributed by atoms with Crippen LogP contribution in [0.15, 0.2) is 24.5 Å². The first kappa shape index (κ1) is 18.4. The second-order valence-electron chi connectivity index (χ2n) is 6.66. The molecule has 2 rings (SSSR count). The van der Waals surface area contributed by atoms with Crippen molar-refractivity contribution >= 4 is 0 Å². The van der Waals surface area contributed by atoms with E-state index in [1.807, 2.05) is 18.5 Å². The molecule has 1 fully saturated rings. The third kappa shape index (κ3) is 7.94. The molecule has 1 aliphatic heterocycles. The van der Waals surface area contributed by atoms with Crippen LogP contribution in [0.4, 0.5) is 0 Å². The highest BCUT2D eigenvalue weighted by Gasteiger charge is 2.22. The van der Waals surface area contributed by atoms with E-state index in [9.17, 15) is 0 Å². The third-order valence-electron chi connectivity index (χ3n) is 4.58. The van der Waals surface area contributed by atoms with Crippen LogP contribution in [0.5, 0.6) is 0 Å². The zero-order valence-electron chi connectivity index (χ0n) is 14.7. The van der Waals surface area contributed by atoms with Gasteiger partial charge in [-0.15, -0.1) is 0 Å². The maximum Gasteiger partial charge on any atom is 0.157 e. The minimum absolute atomic E-state index is 0.0262. The first-order valence-electron chi connectivity index (χ1n) is 9.54. The molecule has 3 nitrogen and oxygen atoms in total. The number of ether oxygens (including phenoxy) is 2. The maximum absolute atomic E-state index is 6.11. The van der Waals surface area contributed by atoms with Crippen molar-refractivity contribution in [3.63, 3.8) is 0 Å². The summed E-state index contributed by atoms with van der Waals surface area (Å²) in [6.07, 6.45) is 17.7. The van der Waals surface area contributed by atoms with Crippen LogP contribution in [0.3, 0.4) is 0 Å². The summed E-state index contributed by atoms with van der Waals surface area (Å²) in [5.74, 6) is 0. The number of nitrogens with zero attached hydrogens (tertiary/aromatic N) is 1. The average Bonchev–Trinajstić information content (AvgIpc) is 2.60. The van der Waals surface area contributed by atoms with Crippen LogP contribution in [0.1, 0.15) is 76.7 Å². The van der Waals surface area contributed by atoms with Crippen molar-refractivity contribution in [3.05, 3.63) is 30.1 Å². The lowest BCUT2D eigenvalue weighted by Gasteiger charge is -2.30. The second kappa shape index (κ2) is 11.6. The van der Waals surface area contributed by atoms with Gasteiger partial charge in [0.05, 0.1) is 12.7 Å². The summed E-state index contributed by atoms with van der Waals surface area (Å²) in [6, 6.07) is 4.12. The van der Waals surface area contributed by atoms with Crippen LogP contribution < -0.4 is 0 Å². The number of hydrogen-bond donors (Lipinski definition) is 0. The molecule has 2 atom stereocenters. The van der Waals surface area contributed by atoms with Crippen LogP contribution in [0, 0.1) is 0 Å². The molecule has 0 radical (unpaired) electrons. The lowest BCUT2D eigenvalue weighted by Crippen LogP contribution is -2.30. The SMILES string of the molecule is CCCCCCCC1CCCC(OCCCc2cccnc2)O1. The zero-order chi connectivity index (χ0) is 16.2. The fourth-order valence-electron chi connectivity index (χ4n) is 3.21. The summed E-state index contributed by atoms with van der Waals surface area (Å²) in [4.78, 5) is 4.14. The maximum atomic E-state index is 6.11. The van der Waals surface area contributed by atoms with Gasteiger partial charge in [0.1, 0.15) is 0 Å². The second-order valence-corrected chi connectivity index (χ2v) is 6.66. The Labute approximate surface area is 141 Å². The summed E-state index contributed by atoms with van der Waals surface area (Å²) in [5.41, 5.74) is 1.28. The minimum atomic E-state index is 0.0262. The van der Waals surface area contributed by atoms with Crippen molar-refractivity contribution in [2.75, 3.05) is 6.61 Å². The molecule has 1 aromatic rings. The first-order valence-corrected chi connectivity index (χ1v) is 9.54. The van der Waals surface area contributed by atoms with E-state index < -0.39 is 0 Å². The van der Waals surface area contributed by atoms with Crippen molar-refractivity contribution in [2.45, 2.75) is 89.9 Å². The normalized spacial score (nSPS) is 21.4. The van der Waals surface area contributed by atoms with Gasteiger partial charge in [-0.05, 0) is 50.2 Å². The highest BCUT2D eigenvalue weighted by Crippen LogP contribution is 2.24. The van der Waals surface area contributed by atoms with Crippen LogP contribution in [-0.2, 0) is 15.9 Å². The van der Waals surface area contributed by atoms with Gasteiger partial charge < -0.3 is 9.47 Å². The molecule has 0 N–H and O–H groups in total. The molecule has 23 heavy (non-hydrogen) atoms. The molecule has 0 bridgehead atoms. The predicted molar refractivity (Wildman–Crippen MR) is 94.4 cm³/mol.